The number of benzene rings is 2. The van der Waals surface area contributed by atoms with Gasteiger partial charge in [-0.1, -0.05) is 45.0 Å². The van der Waals surface area contributed by atoms with Crippen molar-refractivity contribution in [1.82, 2.24) is 0 Å². The zero-order valence-electron chi connectivity index (χ0n) is 15.2. The maximum Gasteiger partial charge on any atom is 0.265 e. The lowest BCUT2D eigenvalue weighted by atomic mass is 10.0. The van der Waals surface area contributed by atoms with Crippen molar-refractivity contribution in [1.29, 1.82) is 0 Å². The van der Waals surface area contributed by atoms with Crippen LogP contribution in [0.2, 0.25) is 0 Å². The minimum Gasteiger partial charge on any atom is -0.480 e. The molecule has 0 fully saturated rings. The highest BCUT2D eigenvalue weighted by Gasteiger charge is 2.19. The predicted molar refractivity (Wildman–Crippen MR) is 99.8 cm³/mol. The Morgan fingerprint density at radius 1 is 1.08 bits per heavy atom. The predicted octanol–water partition coefficient (Wildman–Crippen LogP) is 5.22. The summed E-state index contributed by atoms with van der Waals surface area (Å²) in [7, 11) is 0. The molecule has 0 radical (unpaired) electrons. The number of ether oxygens (including phenoxy) is 1. The Balaban J connectivity index is 2.07. The molecule has 0 unspecified atom stereocenters. The van der Waals surface area contributed by atoms with Gasteiger partial charge in [-0.05, 0) is 61.1 Å². The molecule has 0 aliphatic carbocycles. The van der Waals surface area contributed by atoms with Crippen LogP contribution in [0.5, 0.6) is 5.75 Å². The first-order chi connectivity index (χ1) is 11.4. The smallest absolute Gasteiger partial charge is 0.265 e. The van der Waals surface area contributed by atoms with Crippen LogP contribution in [0.25, 0.3) is 0 Å². The number of carbonyl (C=O) groups is 1. The van der Waals surface area contributed by atoms with Gasteiger partial charge in [-0.15, -0.1) is 0 Å². The van der Waals surface area contributed by atoms with Gasteiger partial charge in [-0.3, -0.25) is 4.79 Å². The second-order valence-corrected chi connectivity index (χ2v) is 6.55. The van der Waals surface area contributed by atoms with E-state index in [1.54, 1.807) is 0 Å². The molecule has 2 aromatic rings. The van der Waals surface area contributed by atoms with E-state index in [0.29, 0.717) is 12.3 Å². The van der Waals surface area contributed by atoms with Crippen molar-refractivity contribution >= 4 is 11.6 Å². The minimum absolute atomic E-state index is 0.115. The Hall–Kier alpha value is -2.29. The van der Waals surface area contributed by atoms with Gasteiger partial charge in [0.25, 0.3) is 5.91 Å². The fourth-order valence-corrected chi connectivity index (χ4v) is 2.48. The molecule has 2 rings (SSSR count). The third-order valence-electron chi connectivity index (χ3n) is 4.12. The van der Waals surface area contributed by atoms with Crippen molar-refractivity contribution < 1.29 is 9.53 Å². The highest BCUT2D eigenvalue weighted by Crippen LogP contribution is 2.22. The van der Waals surface area contributed by atoms with Crippen LogP contribution < -0.4 is 10.1 Å². The SMILES string of the molecule is CC[C@@H](Oc1cc(C)ccc1C)C(=O)Nc1ccc(C(C)C)cc1. The molecule has 2 aromatic carbocycles. The summed E-state index contributed by atoms with van der Waals surface area (Å²) >= 11 is 0. The van der Waals surface area contributed by atoms with Gasteiger partial charge < -0.3 is 10.1 Å². The summed E-state index contributed by atoms with van der Waals surface area (Å²) in [5.41, 5.74) is 4.21. The topological polar surface area (TPSA) is 38.3 Å². The van der Waals surface area contributed by atoms with Gasteiger partial charge in [0.15, 0.2) is 6.10 Å². The molecule has 0 bridgehead atoms. The van der Waals surface area contributed by atoms with Gasteiger partial charge in [-0.2, -0.15) is 0 Å². The lowest BCUT2D eigenvalue weighted by molar-refractivity contribution is -0.122. The van der Waals surface area contributed by atoms with Crippen LogP contribution in [0.3, 0.4) is 0 Å². The van der Waals surface area contributed by atoms with E-state index in [1.165, 1.54) is 5.56 Å². The summed E-state index contributed by atoms with van der Waals surface area (Å²) in [5, 5.41) is 2.95. The summed E-state index contributed by atoms with van der Waals surface area (Å²) < 4.78 is 5.96. The van der Waals surface area contributed by atoms with Crippen LogP contribution in [-0.4, -0.2) is 12.0 Å². The molecule has 3 nitrogen and oxygen atoms in total. The van der Waals surface area contributed by atoms with E-state index in [9.17, 15) is 4.79 Å². The van der Waals surface area contributed by atoms with E-state index in [-0.39, 0.29) is 5.91 Å². The molecule has 128 valence electrons. The maximum absolute atomic E-state index is 12.5. The zero-order chi connectivity index (χ0) is 17.7. The summed E-state index contributed by atoms with van der Waals surface area (Å²) in [6.07, 6.45) is 0.110. The summed E-state index contributed by atoms with van der Waals surface area (Å²) in [5.74, 6) is 1.13. The number of anilines is 1. The van der Waals surface area contributed by atoms with E-state index >= 15 is 0 Å². The van der Waals surface area contributed by atoms with Crippen molar-refractivity contribution in [3.05, 3.63) is 59.2 Å². The molecule has 3 heteroatoms. The number of aryl methyl sites for hydroxylation is 2. The average molecular weight is 325 g/mol. The number of carbonyl (C=O) groups excluding carboxylic acids is 1. The number of amides is 1. The van der Waals surface area contributed by atoms with Crippen molar-refractivity contribution in [2.45, 2.75) is 53.1 Å². The quantitative estimate of drug-likeness (QED) is 0.790. The van der Waals surface area contributed by atoms with Gasteiger partial charge >= 0.3 is 0 Å². The monoisotopic (exact) mass is 325 g/mol. The van der Waals surface area contributed by atoms with Crippen LogP contribution >= 0.6 is 0 Å². The molecule has 24 heavy (non-hydrogen) atoms. The first-order valence-electron chi connectivity index (χ1n) is 8.55. The van der Waals surface area contributed by atoms with Crippen molar-refractivity contribution in [2.75, 3.05) is 5.32 Å². The standard InChI is InChI=1S/C21H27NO2/c1-6-19(24-20-13-15(4)7-8-16(20)5)21(23)22-18-11-9-17(10-12-18)14(2)3/h7-14,19H,6H2,1-5H3,(H,22,23)/t19-/m1/s1. The van der Waals surface area contributed by atoms with Crippen LogP contribution in [-0.2, 0) is 4.79 Å². The first-order valence-corrected chi connectivity index (χ1v) is 8.55. The Bertz CT molecular complexity index is 689. The molecule has 1 amide bonds. The molecule has 0 aliphatic heterocycles. The van der Waals surface area contributed by atoms with Gasteiger partial charge in [0.1, 0.15) is 5.75 Å². The Morgan fingerprint density at radius 3 is 2.33 bits per heavy atom. The van der Waals surface area contributed by atoms with Crippen molar-refractivity contribution in [3.63, 3.8) is 0 Å². The molecule has 0 aliphatic rings. The zero-order valence-corrected chi connectivity index (χ0v) is 15.2. The van der Waals surface area contributed by atoms with Crippen LogP contribution in [0, 0.1) is 13.8 Å². The number of hydrogen-bond acceptors (Lipinski definition) is 2. The summed E-state index contributed by atoms with van der Waals surface area (Å²) in [4.78, 5) is 12.5. The molecule has 0 saturated carbocycles. The van der Waals surface area contributed by atoms with Gasteiger partial charge in [0.2, 0.25) is 0 Å². The highest BCUT2D eigenvalue weighted by atomic mass is 16.5. The minimum atomic E-state index is -0.504. The fraction of sp³-hybridized carbons (Fsp3) is 0.381. The largest absolute Gasteiger partial charge is 0.480 e. The number of hydrogen-bond donors (Lipinski definition) is 1. The third-order valence-corrected chi connectivity index (χ3v) is 4.12. The average Bonchev–Trinajstić information content (AvgIpc) is 2.56. The van der Waals surface area contributed by atoms with E-state index < -0.39 is 6.10 Å². The second kappa shape index (κ2) is 8.00. The van der Waals surface area contributed by atoms with Gasteiger partial charge in [-0.25, -0.2) is 0 Å². The van der Waals surface area contributed by atoms with Gasteiger partial charge in [0.05, 0.1) is 0 Å². The Kier molecular flexibility index (Phi) is 6.02. The molecule has 1 atom stereocenters. The lowest BCUT2D eigenvalue weighted by Crippen LogP contribution is -2.32. The Morgan fingerprint density at radius 2 is 1.75 bits per heavy atom. The molecule has 0 aromatic heterocycles. The molecular weight excluding hydrogens is 298 g/mol. The molecule has 0 heterocycles. The number of nitrogens with one attached hydrogen (secondary N) is 1. The molecular formula is C21H27NO2. The van der Waals surface area contributed by atoms with Crippen LogP contribution in [0.1, 0.15) is 49.8 Å². The van der Waals surface area contributed by atoms with E-state index in [1.807, 2.05) is 63.2 Å². The summed E-state index contributed by atoms with van der Waals surface area (Å²) in [6.45, 7) is 10.3. The maximum atomic E-state index is 12.5. The van der Waals surface area contributed by atoms with Crippen molar-refractivity contribution in [3.8, 4) is 5.75 Å². The van der Waals surface area contributed by atoms with E-state index in [0.717, 1.165) is 22.6 Å². The lowest BCUT2D eigenvalue weighted by Gasteiger charge is -2.19. The van der Waals surface area contributed by atoms with Crippen LogP contribution in [0.15, 0.2) is 42.5 Å². The summed E-state index contributed by atoms with van der Waals surface area (Å²) in [6, 6.07) is 14.0. The van der Waals surface area contributed by atoms with Crippen LogP contribution in [0.4, 0.5) is 5.69 Å². The Labute approximate surface area is 145 Å². The highest BCUT2D eigenvalue weighted by molar-refractivity contribution is 5.94. The van der Waals surface area contributed by atoms with E-state index in [4.69, 9.17) is 4.74 Å². The second-order valence-electron chi connectivity index (χ2n) is 6.55. The fourth-order valence-electron chi connectivity index (χ4n) is 2.48. The van der Waals surface area contributed by atoms with Crippen molar-refractivity contribution in [2.24, 2.45) is 0 Å². The third kappa shape index (κ3) is 4.60. The molecule has 1 N–H and O–H groups in total. The normalized spacial score (nSPS) is 12.1. The number of rotatable bonds is 6. The first kappa shape index (κ1) is 18.1. The molecule has 0 spiro atoms. The van der Waals surface area contributed by atoms with Gasteiger partial charge in [0, 0.05) is 5.69 Å². The van der Waals surface area contributed by atoms with E-state index in [2.05, 4.69) is 19.2 Å². The molecule has 0 saturated heterocycles.